The van der Waals surface area contributed by atoms with Crippen molar-refractivity contribution < 1.29 is 8.42 Å². The van der Waals surface area contributed by atoms with E-state index in [2.05, 4.69) is 4.72 Å². The maximum atomic E-state index is 11.7. The first kappa shape index (κ1) is 10.4. The van der Waals surface area contributed by atoms with Crippen molar-refractivity contribution in [2.45, 2.75) is 17.7 Å². The quantitative estimate of drug-likeness (QED) is 0.751. The van der Waals surface area contributed by atoms with Crippen LogP contribution < -0.4 is 10.5 Å². The molecule has 1 aliphatic rings. The highest BCUT2D eigenvalue weighted by Crippen LogP contribution is 2.28. The molecule has 0 aliphatic heterocycles. The highest BCUT2D eigenvalue weighted by molar-refractivity contribution is 7.89. The molecule has 1 aromatic rings. The van der Waals surface area contributed by atoms with E-state index in [1.54, 1.807) is 18.2 Å². The van der Waals surface area contributed by atoms with Crippen molar-refractivity contribution in [3.8, 4) is 0 Å². The highest BCUT2D eigenvalue weighted by atomic mass is 32.2. The van der Waals surface area contributed by atoms with Crippen LogP contribution in [0, 0.1) is 5.92 Å². The number of anilines is 1. The largest absolute Gasteiger partial charge is 0.399 e. The molecular formula is C10H14N2O2S. The van der Waals surface area contributed by atoms with Crippen LogP contribution in [0.2, 0.25) is 0 Å². The zero-order valence-electron chi connectivity index (χ0n) is 8.31. The van der Waals surface area contributed by atoms with Gasteiger partial charge in [-0.2, -0.15) is 0 Å². The monoisotopic (exact) mass is 226 g/mol. The molecule has 3 N–H and O–H groups in total. The molecule has 0 aromatic heterocycles. The summed E-state index contributed by atoms with van der Waals surface area (Å²) in [5, 5.41) is 0. The minimum Gasteiger partial charge on any atom is -0.399 e. The lowest BCUT2D eigenvalue weighted by Gasteiger charge is -2.06. The second-order valence-corrected chi connectivity index (χ2v) is 5.63. The summed E-state index contributed by atoms with van der Waals surface area (Å²) in [6.07, 6.45) is 2.25. The van der Waals surface area contributed by atoms with Gasteiger partial charge in [-0.3, -0.25) is 0 Å². The van der Waals surface area contributed by atoms with E-state index >= 15 is 0 Å². The first-order valence-electron chi connectivity index (χ1n) is 4.93. The summed E-state index contributed by atoms with van der Waals surface area (Å²) in [4.78, 5) is 0.239. The molecule has 0 unspecified atom stereocenters. The molecule has 1 fully saturated rings. The molecule has 0 amide bonds. The van der Waals surface area contributed by atoms with E-state index in [0.717, 1.165) is 12.8 Å². The van der Waals surface area contributed by atoms with Gasteiger partial charge in [0.15, 0.2) is 0 Å². The van der Waals surface area contributed by atoms with Crippen LogP contribution in [-0.4, -0.2) is 15.0 Å². The first-order chi connectivity index (χ1) is 7.08. The van der Waals surface area contributed by atoms with Crippen molar-refractivity contribution >= 4 is 15.7 Å². The Morgan fingerprint density at radius 1 is 1.40 bits per heavy atom. The predicted molar refractivity (Wildman–Crippen MR) is 58.8 cm³/mol. The van der Waals surface area contributed by atoms with Gasteiger partial charge >= 0.3 is 0 Å². The highest BCUT2D eigenvalue weighted by Gasteiger charge is 2.24. The maximum Gasteiger partial charge on any atom is 0.240 e. The first-order valence-corrected chi connectivity index (χ1v) is 6.41. The van der Waals surface area contributed by atoms with Crippen LogP contribution in [0.1, 0.15) is 12.8 Å². The molecule has 15 heavy (non-hydrogen) atoms. The third kappa shape index (κ3) is 2.70. The van der Waals surface area contributed by atoms with Gasteiger partial charge in [0.05, 0.1) is 4.90 Å². The fourth-order valence-electron chi connectivity index (χ4n) is 1.31. The lowest BCUT2D eigenvalue weighted by molar-refractivity contribution is 0.577. The number of nitrogens with one attached hydrogen (secondary N) is 1. The smallest absolute Gasteiger partial charge is 0.240 e. The summed E-state index contributed by atoms with van der Waals surface area (Å²) >= 11 is 0. The van der Waals surface area contributed by atoms with E-state index in [9.17, 15) is 8.42 Å². The van der Waals surface area contributed by atoms with E-state index in [1.165, 1.54) is 6.07 Å². The number of nitrogen functional groups attached to an aromatic ring is 1. The Morgan fingerprint density at radius 3 is 2.73 bits per heavy atom. The summed E-state index contributed by atoms with van der Waals surface area (Å²) in [7, 11) is -3.37. The molecular weight excluding hydrogens is 212 g/mol. The standard InChI is InChI=1S/C10H14N2O2S/c11-9-2-1-3-10(6-9)15(13,14)12-7-8-4-5-8/h1-3,6,8,12H,4-5,7,11H2. The average molecular weight is 226 g/mol. The average Bonchev–Trinajstić information content (AvgIpc) is 2.98. The molecule has 0 saturated heterocycles. The van der Waals surface area contributed by atoms with E-state index in [1.807, 2.05) is 0 Å². The van der Waals surface area contributed by atoms with Gasteiger partial charge in [0, 0.05) is 12.2 Å². The Morgan fingerprint density at radius 2 is 2.13 bits per heavy atom. The van der Waals surface area contributed by atoms with Gasteiger partial charge in [-0.05, 0) is 37.0 Å². The summed E-state index contributed by atoms with van der Waals surface area (Å²) in [6, 6.07) is 6.32. The lowest BCUT2D eigenvalue weighted by Crippen LogP contribution is -2.25. The molecule has 0 bridgehead atoms. The van der Waals surface area contributed by atoms with Gasteiger partial charge in [-0.25, -0.2) is 13.1 Å². The minimum absolute atomic E-state index is 0.239. The van der Waals surface area contributed by atoms with Crippen molar-refractivity contribution in [2.75, 3.05) is 12.3 Å². The molecule has 4 nitrogen and oxygen atoms in total. The van der Waals surface area contributed by atoms with Gasteiger partial charge in [0.1, 0.15) is 0 Å². The van der Waals surface area contributed by atoms with Crippen LogP contribution in [0.15, 0.2) is 29.2 Å². The fourth-order valence-corrected chi connectivity index (χ4v) is 2.49. The number of hydrogen-bond donors (Lipinski definition) is 2. The number of sulfonamides is 1. The van der Waals surface area contributed by atoms with Crippen molar-refractivity contribution in [1.82, 2.24) is 4.72 Å². The minimum atomic E-state index is -3.37. The Labute approximate surface area is 89.5 Å². The van der Waals surface area contributed by atoms with Crippen molar-refractivity contribution in [3.05, 3.63) is 24.3 Å². The molecule has 0 atom stereocenters. The van der Waals surface area contributed by atoms with Crippen LogP contribution in [0.5, 0.6) is 0 Å². The summed E-state index contributed by atoms with van der Waals surface area (Å²) in [6.45, 7) is 0.539. The molecule has 0 heterocycles. The van der Waals surface area contributed by atoms with Crippen molar-refractivity contribution in [3.63, 3.8) is 0 Å². The fraction of sp³-hybridized carbons (Fsp3) is 0.400. The van der Waals surface area contributed by atoms with Crippen LogP contribution >= 0.6 is 0 Å². The Balaban J connectivity index is 2.12. The van der Waals surface area contributed by atoms with Gasteiger partial charge in [0.2, 0.25) is 10.0 Å². The summed E-state index contributed by atoms with van der Waals surface area (Å²) in [5.74, 6) is 0.529. The van der Waals surface area contributed by atoms with Crippen molar-refractivity contribution in [2.24, 2.45) is 5.92 Å². The number of nitrogens with two attached hydrogens (primary N) is 1. The molecule has 82 valence electrons. The van der Waals surface area contributed by atoms with E-state index in [0.29, 0.717) is 18.2 Å². The van der Waals surface area contributed by atoms with E-state index < -0.39 is 10.0 Å². The van der Waals surface area contributed by atoms with Crippen LogP contribution in [0.3, 0.4) is 0 Å². The normalized spacial score (nSPS) is 16.5. The van der Waals surface area contributed by atoms with Gasteiger partial charge in [0.25, 0.3) is 0 Å². The van der Waals surface area contributed by atoms with E-state index in [-0.39, 0.29) is 4.90 Å². The zero-order chi connectivity index (χ0) is 10.9. The molecule has 1 saturated carbocycles. The number of rotatable bonds is 4. The molecule has 0 spiro atoms. The van der Waals surface area contributed by atoms with Crippen LogP contribution in [0.25, 0.3) is 0 Å². The topological polar surface area (TPSA) is 72.2 Å². The third-order valence-electron chi connectivity index (χ3n) is 2.43. The Kier molecular flexibility index (Phi) is 2.67. The van der Waals surface area contributed by atoms with Gasteiger partial charge in [-0.15, -0.1) is 0 Å². The van der Waals surface area contributed by atoms with E-state index in [4.69, 9.17) is 5.73 Å². The van der Waals surface area contributed by atoms with Gasteiger partial charge < -0.3 is 5.73 Å². The summed E-state index contributed by atoms with van der Waals surface area (Å²) < 4.78 is 26.1. The van der Waals surface area contributed by atoms with Gasteiger partial charge in [-0.1, -0.05) is 6.07 Å². The zero-order valence-corrected chi connectivity index (χ0v) is 9.13. The van der Waals surface area contributed by atoms with Crippen LogP contribution in [-0.2, 0) is 10.0 Å². The second-order valence-electron chi connectivity index (χ2n) is 3.87. The number of benzene rings is 1. The lowest BCUT2D eigenvalue weighted by atomic mass is 10.3. The molecule has 2 rings (SSSR count). The summed E-state index contributed by atoms with van der Waals surface area (Å²) in [5.41, 5.74) is 5.99. The van der Waals surface area contributed by atoms with Crippen molar-refractivity contribution in [1.29, 1.82) is 0 Å². The molecule has 5 heteroatoms. The molecule has 1 aromatic carbocycles. The molecule has 0 radical (unpaired) electrons. The SMILES string of the molecule is Nc1cccc(S(=O)(=O)NCC2CC2)c1. The second kappa shape index (κ2) is 3.83. The Hall–Kier alpha value is -1.07. The number of hydrogen-bond acceptors (Lipinski definition) is 3. The third-order valence-corrected chi connectivity index (χ3v) is 3.85. The maximum absolute atomic E-state index is 11.7. The van der Waals surface area contributed by atoms with Crippen LogP contribution in [0.4, 0.5) is 5.69 Å². The predicted octanol–water partition coefficient (Wildman–Crippen LogP) is 0.957. The Bertz CT molecular complexity index is 452. The molecule has 1 aliphatic carbocycles.